The van der Waals surface area contributed by atoms with Gasteiger partial charge in [0.25, 0.3) is 0 Å². The summed E-state index contributed by atoms with van der Waals surface area (Å²) in [4.78, 5) is 0. The summed E-state index contributed by atoms with van der Waals surface area (Å²) in [6.07, 6.45) is 11.6. The van der Waals surface area contributed by atoms with Crippen LogP contribution in [0.3, 0.4) is 0 Å². The second-order valence-electron chi connectivity index (χ2n) is 6.12. The van der Waals surface area contributed by atoms with E-state index >= 15 is 0 Å². The number of aryl methyl sites for hydroxylation is 1. The zero-order valence-electron chi connectivity index (χ0n) is 13.4. The summed E-state index contributed by atoms with van der Waals surface area (Å²) in [6.45, 7) is 5.55. The van der Waals surface area contributed by atoms with Crippen molar-refractivity contribution in [1.82, 2.24) is 5.32 Å². The minimum atomic E-state index is 0.389. The molecule has 2 rings (SSSR count). The van der Waals surface area contributed by atoms with E-state index in [9.17, 15) is 0 Å². The highest BCUT2D eigenvalue weighted by molar-refractivity contribution is 9.10. The number of allylic oxidation sites excluding steroid dienone is 1. The van der Waals surface area contributed by atoms with Gasteiger partial charge in [-0.15, -0.1) is 0 Å². The lowest BCUT2D eigenvalue weighted by atomic mass is 9.89. The Bertz CT molecular complexity index is 478. The van der Waals surface area contributed by atoms with E-state index < -0.39 is 0 Å². The molecule has 1 aromatic rings. The minimum Gasteiger partial charge on any atom is -0.307 e. The lowest BCUT2D eigenvalue weighted by molar-refractivity contribution is 0.539. The molecule has 0 radical (unpaired) electrons. The molecule has 1 unspecified atom stereocenters. The molecule has 1 aliphatic rings. The average Bonchev–Trinajstić information content (AvgIpc) is 2.44. The molecule has 0 amide bonds. The highest BCUT2D eigenvalue weighted by Crippen LogP contribution is 2.32. The van der Waals surface area contributed by atoms with Gasteiger partial charge >= 0.3 is 0 Å². The van der Waals surface area contributed by atoms with E-state index in [0.717, 1.165) is 6.54 Å². The quantitative estimate of drug-likeness (QED) is 0.635. The third-order valence-corrected chi connectivity index (χ3v) is 4.84. The Morgan fingerprint density at radius 3 is 2.81 bits per heavy atom. The first-order valence-corrected chi connectivity index (χ1v) is 9.20. The molecule has 0 aliphatic heterocycles. The zero-order valence-corrected chi connectivity index (χ0v) is 15.0. The van der Waals surface area contributed by atoms with Gasteiger partial charge in [0.1, 0.15) is 0 Å². The van der Waals surface area contributed by atoms with E-state index in [1.807, 2.05) is 0 Å². The Kier molecular flexibility index (Phi) is 6.98. The van der Waals surface area contributed by atoms with Crippen LogP contribution in [0, 0.1) is 6.92 Å². The van der Waals surface area contributed by atoms with Gasteiger partial charge in [0.2, 0.25) is 0 Å². The fraction of sp³-hybridized carbons (Fsp3) is 0.579. The SMILES string of the molecule is CCCNC(/C1=C/CCCCCC1)c1cc(Br)ccc1C. The normalized spacial score (nSPS) is 20.2. The number of nitrogens with one attached hydrogen (secondary N) is 1. The van der Waals surface area contributed by atoms with E-state index in [-0.39, 0.29) is 0 Å². The molecule has 2 heteroatoms. The third-order valence-electron chi connectivity index (χ3n) is 4.35. The summed E-state index contributed by atoms with van der Waals surface area (Å²) >= 11 is 3.64. The van der Waals surface area contributed by atoms with Gasteiger partial charge in [0.15, 0.2) is 0 Å². The lowest BCUT2D eigenvalue weighted by Crippen LogP contribution is -2.25. The summed E-state index contributed by atoms with van der Waals surface area (Å²) in [6, 6.07) is 7.05. The van der Waals surface area contributed by atoms with Crippen LogP contribution in [0.5, 0.6) is 0 Å². The van der Waals surface area contributed by atoms with Crippen LogP contribution < -0.4 is 5.32 Å². The maximum absolute atomic E-state index is 3.78. The standard InChI is InChI=1S/C19H28BrN/c1-3-13-21-19(16-9-7-5-4-6-8-10-16)18-14-17(20)12-11-15(18)2/h9,11-12,14,19,21H,3-8,10,13H2,1-2H3/b16-9+. The molecular weight excluding hydrogens is 322 g/mol. The van der Waals surface area contributed by atoms with Gasteiger partial charge in [-0.1, -0.05) is 53.4 Å². The summed E-state index contributed by atoms with van der Waals surface area (Å²) in [5.74, 6) is 0. The molecule has 0 heterocycles. The Balaban J connectivity index is 2.29. The lowest BCUT2D eigenvalue weighted by Gasteiger charge is -2.25. The smallest absolute Gasteiger partial charge is 0.0539 e. The molecule has 0 fully saturated rings. The van der Waals surface area contributed by atoms with E-state index in [1.165, 1.54) is 60.5 Å². The second kappa shape index (κ2) is 8.75. The van der Waals surface area contributed by atoms with Gasteiger partial charge < -0.3 is 5.32 Å². The van der Waals surface area contributed by atoms with E-state index in [4.69, 9.17) is 0 Å². The van der Waals surface area contributed by atoms with Crippen LogP contribution in [-0.4, -0.2) is 6.54 Å². The van der Waals surface area contributed by atoms with Crippen molar-refractivity contribution in [2.24, 2.45) is 0 Å². The largest absolute Gasteiger partial charge is 0.307 e. The number of halogens is 1. The van der Waals surface area contributed by atoms with Crippen molar-refractivity contribution in [2.75, 3.05) is 6.54 Å². The first kappa shape index (κ1) is 16.8. The van der Waals surface area contributed by atoms with Crippen LogP contribution in [0.4, 0.5) is 0 Å². The molecule has 1 aliphatic carbocycles. The van der Waals surface area contributed by atoms with Crippen molar-refractivity contribution in [3.8, 4) is 0 Å². The van der Waals surface area contributed by atoms with Gasteiger partial charge in [-0.2, -0.15) is 0 Å². The van der Waals surface area contributed by atoms with Crippen LogP contribution >= 0.6 is 15.9 Å². The van der Waals surface area contributed by atoms with Gasteiger partial charge in [-0.05, 0) is 68.8 Å². The Hall–Kier alpha value is -0.600. The van der Waals surface area contributed by atoms with Gasteiger partial charge in [-0.25, -0.2) is 0 Å². The Labute approximate surface area is 138 Å². The van der Waals surface area contributed by atoms with Crippen LogP contribution in [-0.2, 0) is 0 Å². The van der Waals surface area contributed by atoms with Gasteiger partial charge in [0, 0.05) is 4.47 Å². The molecular formula is C19H28BrN. The van der Waals surface area contributed by atoms with Crippen molar-refractivity contribution < 1.29 is 0 Å². The molecule has 116 valence electrons. The zero-order chi connectivity index (χ0) is 15.1. The molecule has 0 saturated carbocycles. The Morgan fingerprint density at radius 2 is 2.00 bits per heavy atom. The predicted molar refractivity (Wildman–Crippen MR) is 95.7 cm³/mol. The molecule has 21 heavy (non-hydrogen) atoms. The molecule has 1 N–H and O–H groups in total. The Morgan fingerprint density at radius 1 is 1.19 bits per heavy atom. The molecule has 0 saturated heterocycles. The number of rotatable bonds is 5. The van der Waals surface area contributed by atoms with Crippen LogP contribution in [0.2, 0.25) is 0 Å². The number of hydrogen-bond acceptors (Lipinski definition) is 1. The summed E-state index contributed by atoms with van der Waals surface area (Å²) < 4.78 is 1.18. The average molecular weight is 350 g/mol. The first-order valence-electron chi connectivity index (χ1n) is 8.40. The molecule has 0 aromatic heterocycles. The monoisotopic (exact) mass is 349 g/mol. The minimum absolute atomic E-state index is 0.389. The summed E-state index contributed by atoms with van der Waals surface area (Å²) in [7, 11) is 0. The van der Waals surface area contributed by atoms with Crippen molar-refractivity contribution in [3.63, 3.8) is 0 Å². The number of hydrogen-bond donors (Lipinski definition) is 1. The van der Waals surface area contributed by atoms with Crippen molar-refractivity contribution in [2.45, 2.75) is 64.8 Å². The van der Waals surface area contributed by atoms with Crippen LogP contribution in [0.1, 0.15) is 69.0 Å². The molecule has 1 nitrogen and oxygen atoms in total. The van der Waals surface area contributed by atoms with Gasteiger partial charge in [-0.3, -0.25) is 0 Å². The highest BCUT2D eigenvalue weighted by atomic mass is 79.9. The summed E-state index contributed by atoms with van der Waals surface area (Å²) in [5, 5.41) is 3.78. The maximum atomic E-state index is 3.78. The molecule has 0 spiro atoms. The molecule has 0 bridgehead atoms. The highest BCUT2D eigenvalue weighted by Gasteiger charge is 2.18. The van der Waals surface area contributed by atoms with Crippen LogP contribution in [0.15, 0.2) is 34.3 Å². The molecule has 1 aromatic carbocycles. The fourth-order valence-electron chi connectivity index (χ4n) is 3.13. The van der Waals surface area contributed by atoms with Crippen LogP contribution in [0.25, 0.3) is 0 Å². The van der Waals surface area contributed by atoms with E-state index in [0.29, 0.717) is 6.04 Å². The van der Waals surface area contributed by atoms with E-state index in [1.54, 1.807) is 5.57 Å². The number of benzene rings is 1. The van der Waals surface area contributed by atoms with Crippen molar-refractivity contribution in [1.29, 1.82) is 0 Å². The third kappa shape index (κ3) is 4.96. The van der Waals surface area contributed by atoms with E-state index in [2.05, 4.69) is 59.4 Å². The summed E-state index contributed by atoms with van der Waals surface area (Å²) in [5.41, 5.74) is 4.42. The topological polar surface area (TPSA) is 12.0 Å². The van der Waals surface area contributed by atoms with Crippen molar-refractivity contribution in [3.05, 3.63) is 45.4 Å². The maximum Gasteiger partial charge on any atom is 0.0539 e. The fourth-order valence-corrected chi connectivity index (χ4v) is 3.51. The second-order valence-corrected chi connectivity index (χ2v) is 7.04. The molecule has 1 atom stereocenters. The van der Waals surface area contributed by atoms with Crippen molar-refractivity contribution >= 4 is 15.9 Å². The first-order chi connectivity index (χ1) is 10.2. The predicted octanol–water partition coefficient (Wildman–Crippen LogP) is 6.08. The van der Waals surface area contributed by atoms with Gasteiger partial charge in [0.05, 0.1) is 6.04 Å².